The Morgan fingerprint density at radius 2 is 1.62 bits per heavy atom. The van der Waals surface area contributed by atoms with Crippen LogP contribution in [0.1, 0.15) is 22.8 Å². The van der Waals surface area contributed by atoms with E-state index in [-0.39, 0.29) is 28.2 Å². The predicted octanol–water partition coefficient (Wildman–Crippen LogP) is 2.66. The second-order valence-corrected chi connectivity index (χ2v) is 4.72. The smallest absolute Gasteiger partial charge is 0.267 e. The molecule has 9 heteroatoms. The van der Waals surface area contributed by atoms with Crippen LogP contribution < -0.4 is 5.43 Å². The predicted molar refractivity (Wildman–Crippen MR) is 85.9 cm³/mol. The molecule has 1 amide bonds. The van der Waals surface area contributed by atoms with Gasteiger partial charge in [-0.05, 0) is 25.1 Å². The molecule has 0 aromatic heterocycles. The quantitative estimate of drug-likeness (QED) is 0.512. The highest BCUT2D eigenvalue weighted by Gasteiger charge is 2.15. The molecule has 0 spiro atoms. The topological polar surface area (TPSA) is 128 Å². The lowest BCUT2D eigenvalue weighted by atomic mass is 10.1. The molecular formula is C15H12N4O5. The standard InChI is InChI=1S/C15H12N4O5/c1-10(13-4-2-3-5-14(13)19(23)24)16-17-15(20)11-6-8-12(9-7-11)18(21)22/h2-9H,1H3,(H,17,20)/b16-10-. The summed E-state index contributed by atoms with van der Waals surface area (Å²) in [6, 6.07) is 11.0. The zero-order valence-corrected chi connectivity index (χ0v) is 12.5. The second-order valence-electron chi connectivity index (χ2n) is 4.72. The Labute approximate surface area is 135 Å². The number of rotatable bonds is 5. The fraction of sp³-hybridized carbons (Fsp3) is 0.0667. The maximum Gasteiger partial charge on any atom is 0.278 e. The van der Waals surface area contributed by atoms with Crippen LogP contribution in [-0.2, 0) is 0 Å². The summed E-state index contributed by atoms with van der Waals surface area (Å²) >= 11 is 0. The van der Waals surface area contributed by atoms with Crippen LogP contribution in [0.2, 0.25) is 0 Å². The average Bonchev–Trinajstić information content (AvgIpc) is 2.59. The molecule has 2 aromatic carbocycles. The first-order valence-corrected chi connectivity index (χ1v) is 6.73. The van der Waals surface area contributed by atoms with Gasteiger partial charge in [0.25, 0.3) is 17.3 Å². The molecule has 2 aromatic rings. The molecule has 0 aliphatic rings. The average molecular weight is 328 g/mol. The third kappa shape index (κ3) is 3.77. The van der Waals surface area contributed by atoms with E-state index in [0.717, 1.165) is 0 Å². The molecule has 0 bridgehead atoms. The van der Waals surface area contributed by atoms with Gasteiger partial charge in [0.1, 0.15) is 0 Å². The van der Waals surface area contributed by atoms with E-state index < -0.39 is 15.8 Å². The molecule has 0 fully saturated rings. The van der Waals surface area contributed by atoms with E-state index in [2.05, 4.69) is 10.5 Å². The monoisotopic (exact) mass is 328 g/mol. The molecule has 0 radical (unpaired) electrons. The van der Waals surface area contributed by atoms with E-state index in [1.165, 1.54) is 49.4 Å². The molecule has 0 aliphatic carbocycles. The first kappa shape index (κ1) is 16.7. The summed E-state index contributed by atoms with van der Waals surface area (Å²) in [5.74, 6) is -0.581. The maximum absolute atomic E-state index is 12.0. The van der Waals surface area contributed by atoms with Crippen LogP contribution >= 0.6 is 0 Å². The van der Waals surface area contributed by atoms with Gasteiger partial charge in [0, 0.05) is 23.8 Å². The summed E-state index contributed by atoms with van der Waals surface area (Å²) in [4.78, 5) is 32.4. The molecule has 9 nitrogen and oxygen atoms in total. The number of nitrogens with one attached hydrogen (secondary N) is 1. The van der Waals surface area contributed by atoms with Crippen molar-refractivity contribution in [1.82, 2.24) is 5.43 Å². The van der Waals surface area contributed by atoms with Gasteiger partial charge in [-0.25, -0.2) is 5.43 Å². The highest BCUT2D eigenvalue weighted by molar-refractivity contribution is 6.03. The molecule has 0 saturated carbocycles. The van der Waals surface area contributed by atoms with Crippen molar-refractivity contribution < 1.29 is 14.6 Å². The van der Waals surface area contributed by atoms with E-state index in [9.17, 15) is 25.0 Å². The van der Waals surface area contributed by atoms with Crippen LogP contribution in [-0.4, -0.2) is 21.5 Å². The van der Waals surface area contributed by atoms with Crippen molar-refractivity contribution >= 4 is 23.0 Å². The summed E-state index contributed by atoms with van der Waals surface area (Å²) in [6.07, 6.45) is 0. The largest absolute Gasteiger partial charge is 0.278 e. The van der Waals surface area contributed by atoms with Gasteiger partial charge < -0.3 is 0 Å². The minimum atomic E-state index is -0.581. The van der Waals surface area contributed by atoms with Crippen molar-refractivity contribution in [2.45, 2.75) is 6.92 Å². The summed E-state index contributed by atoms with van der Waals surface area (Å²) in [7, 11) is 0. The van der Waals surface area contributed by atoms with Crippen LogP contribution in [0.3, 0.4) is 0 Å². The van der Waals surface area contributed by atoms with E-state index >= 15 is 0 Å². The van der Waals surface area contributed by atoms with Crippen LogP contribution in [0, 0.1) is 20.2 Å². The molecule has 0 aliphatic heterocycles. The first-order valence-electron chi connectivity index (χ1n) is 6.73. The van der Waals surface area contributed by atoms with Crippen LogP contribution in [0.5, 0.6) is 0 Å². The van der Waals surface area contributed by atoms with E-state index in [1.807, 2.05) is 0 Å². The lowest BCUT2D eigenvalue weighted by Crippen LogP contribution is -2.19. The highest BCUT2D eigenvalue weighted by atomic mass is 16.6. The number of hydrogen-bond donors (Lipinski definition) is 1. The van der Waals surface area contributed by atoms with Crippen LogP contribution in [0.4, 0.5) is 11.4 Å². The third-order valence-corrected chi connectivity index (χ3v) is 3.16. The van der Waals surface area contributed by atoms with Gasteiger partial charge in [-0.3, -0.25) is 25.0 Å². The molecule has 122 valence electrons. The maximum atomic E-state index is 12.0. The zero-order chi connectivity index (χ0) is 17.7. The van der Waals surface area contributed by atoms with Gasteiger partial charge in [0.05, 0.1) is 21.1 Å². The number of benzene rings is 2. The Balaban J connectivity index is 2.16. The number of nitro groups is 2. The minimum Gasteiger partial charge on any atom is -0.267 e. The molecule has 1 N–H and O–H groups in total. The van der Waals surface area contributed by atoms with E-state index in [1.54, 1.807) is 6.07 Å². The Hall–Kier alpha value is -3.62. The van der Waals surface area contributed by atoms with Gasteiger partial charge in [0.2, 0.25) is 0 Å². The zero-order valence-electron chi connectivity index (χ0n) is 12.5. The molecule has 0 saturated heterocycles. The van der Waals surface area contributed by atoms with Crippen LogP contribution in [0.25, 0.3) is 0 Å². The first-order chi connectivity index (χ1) is 11.4. The van der Waals surface area contributed by atoms with Crippen molar-refractivity contribution in [3.05, 3.63) is 79.9 Å². The Morgan fingerprint density at radius 3 is 2.21 bits per heavy atom. The lowest BCUT2D eigenvalue weighted by Gasteiger charge is -2.04. The van der Waals surface area contributed by atoms with E-state index in [0.29, 0.717) is 0 Å². The van der Waals surface area contributed by atoms with Gasteiger partial charge in [-0.2, -0.15) is 5.10 Å². The molecule has 24 heavy (non-hydrogen) atoms. The molecular weight excluding hydrogens is 316 g/mol. The molecule has 0 unspecified atom stereocenters. The number of carbonyl (C=O) groups excluding carboxylic acids is 1. The number of para-hydroxylation sites is 1. The van der Waals surface area contributed by atoms with E-state index in [4.69, 9.17) is 0 Å². The Kier molecular flexibility index (Phi) is 4.95. The SMILES string of the molecule is C/C(=N/NC(=O)c1ccc([N+](=O)[O-])cc1)c1ccccc1[N+](=O)[O-]. The minimum absolute atomic E-state index is 0.122. The Bertz CT molecular complexity index is 830. The van der Waals surface area contributed by atoms with Gasteiger partial charge in [0.15, 0.2) is 0 Å². The van der Waals surface area contributed by atoms with Crippen molar-refractivity contribution in [3.8, 4) is 0 Å². The van der Waals surface area contributed by atoms with Crippen LogP contribution in [0.15, 0.2) is 53.6 Å². The number of nitro benzene ring substituents is 2. The number of hydrogen-bond acceptors (Lipinski definition) is 6. The van der Waals surface area contributed by atoms with Gasteiger partial charge >= 0.3 is 0 Å². The summed E-state index contributed by atoms with van der Waals surface area (Å²) in [6.45, 7) is 1.53. The molecule has 2 rings (SSSR count). The number of amides is 1. The third-order valence-electron chi connectivity index (χ3n) is 3.16. The van der Waals surface area contributed by atoms with Crippen molar-refractivity contribution in [1.29, 1.82) is 0 Å². The number of carbonyl (C=O) groups is 1. The highest BCUT2D eigenvalue weighted by Crippen LogP contribution is 2.18. The second kappa shape index (κ2) is 7.09. The fourth-order valence-electron chi connectivity index (χ4n) is 1.93. The van der Waals surface area contributed by atoms with Gasteiger partial charge in [-0.15, -0.1) is 0 Å². The molecule has 0 atom stereocenters. The molecule has 0 heterocycles. The van der Waals surface area contributed by atoms with Crippen molar-refractivity contribution in [2.75, 3.05) is 0 Å². The number of hydrazone groups is 1. The summed E-state index contributed by atoms with van der Waals surface area (Å²) in [5.41, 5.74) is 2.74. The lowest BCUT2D eigenvalue weighted by molar-refractivity contribution is -0.385. The normalized spacial score (nSPS) is 11.0. The van der Waals surface area contributed by atoms with Crippen molar-refractivity contribution in [3.63, 3.8) is 0 Å². The summed E-state index contributed by atoms with van der Waals surface area (Å²) in [5, 5.41) is 25.4. The number of nitrogens with zero attached hydrogens (tertiary/aromatic N) is 3. The fourth-order valence-corrected chi connectivity index (χ4v) is 1.93. The number of non-ortho nitro benzene ring substituents is 1. The summed E-state index contributed by atoms with van der Waals surface area (Å²) < 4.78 is 0. The van der Waals surface area contributed by atoms with Crippen molar-refractivity contribution in [2.24, 2.45) is 5.10 Å². The Morgan fingerprint density at radius 1 is 1.00 bits per heavy atom. The van der Waals surface area contributed by atoms with Gasteiger partial charge in [-0.1, -0.05) is 12.1 Å².